The van der Waals surface area contributed by atoms with E-state index in [1.54, 1.807) is 0 Å². The van der Waals surface area contributed by atoms with E-state index in [1.807, 2.05) is 19.1 Å². The molecule has 0 bridgehead atoms. The first-order chi connectivity index (χ1) is 15.3. The number of hydrogen-bond donors (Lipinski definition) is 0. The van der Waals surface area contributed by atoms with Gasteiger partial charge in [0.25, 0.3) is 0 Å². The van der Waals surface area contributed by atoms with E-state index >= 15 is 0 Å². The normalized spacial score (nSPS) is 17.8. The number of carbonyl (C=O) groups is 1. The minimum absolute atomic E-state index is 0.197. The van der Waals surface area contributed by atoms with Gasteiger partial charge in [0, 0.05) is 23.5 Å². The summed E-state index contributed by atoms with van der Waals surface area (Å²) in [5.41, 5.74) is 4.24. The van der Waals surface area contributed by atoms with E-state index in [0.29, 0.717) is 12.6 Å². The summed E-state index contributed by atoms with van der Waals surface area (Å²) >= 11 is 0. The fraction of sp³-hybridized carbons (Fsp3) is 0.407. The van der Waals surface area contributed by atoms with E-state index < -0.39 is 0 Å². The molecule has 31 heavy (non-hydrogen) atoms. The Balaban J connectivity index is 1.64. The lowest BCUT2D eigenvalue weighted by Crippen LogP contribution is -2.31. The lowest BCUT2D eigenvalue weighted by molar-refractivity contribution is -0.142. The number of anilines is 1. The average Bonchev–Trinajstić information content (AvgIpc) is 3.17. The van der Waals surface area contributed by atoms with E-state index in [0.717, 1.165) is 22.5 Å². The van der Waals surface area contributed by atoms with Gasteiger partial charge in [0.05, 0.1) is 18.7 Å². The molecule has 4 heteroatoms. The van der Waals surface area contributed by atoms with Gasteiger partial charge in [-0.1, -0.05) is 80.6 Å². The molecule has 1 aliphatic heterocycles. The summed E-state index contributed by atoms with van der Waals surface area (Å²) in [5, 5.41) is 0. The van der Waals surface area contributed by atoms with Crippen LogP contribution < -0.4 is 4.90 Å². The lowest BCUT2D eigenvalue weighted by Gasteiger charge is -2.30. The first-order valence-electron chi connectivity index (χ1n) is 11.6. The first kappa shape index (κ1) is 21.5. The number of hydrogen-bond acceptors (Lipinski definition) is 4. The third kappa shape index (κ3) is 5.30. The van der Waals surface area contributed by atoms with Crippen LogP contribution in [0.3, 0.4) is 0 Å². The second kappa shape index (κ2) is 10.5. The van der Waals surface area contributed by atoms with Crippen LogP contribution in [0.15, 0.2) is 66.5 Å². The zero-order chi connectivity index (χ0) is 21.5. The molecule has 0 saturated heterocycles. The predicted molar refractivity (Wildman–Crippen MR) is 125 cm³/mol. The van der Waals surface area contributed by atoms with E-state index in [1.165, 1.54) is 44.9 Å². The van der Waals surface area contributed by atoms with Crippen LogP contribution in [0.2, 0.25) is 0 Å². The molecule has 1 fully saturated rings. The molecule has 2 radical (unpaired) electrons. The molecule has 0 unspecified atom stereocenters. The molecule has 2 aliphatic rings. The van der Waals surface area contributed by atoms with Gasteiger partial charge in [-0.15, -0.1) is 0 Å². The highest BCUT2D eigenvalue weighted by atomic mass is 16.5. The van der Waals surface area contributed by atoms with E-state index in [9.17, 15) is 4.79 Å². The molecule has 4 rings (SSSR count). The summed E-state index contributed by atoms with van der Waals surface area (Å²) < 4.78 is 5.27. The first-order valence-corrected chi connectivity index (χ1v) is 11.6. The maximum atomic E-state index is 12.4. The van der Waals surface area contributed by atoms with Crippen molar-refractivity contribution in [2.75, 3.05) is 11.5 Å². The molecule has 0 aromatic heterocycles. The molecule has 0 N–H and O–H groups in total. The molecule has 162 valence electrons. The number of ether oxygens (including phenoxy) is 1. The fourth-order valence-electron chi connectivity index (χ4n) is 4.55. The summed E-state index contributed by atoms with van der Waals surface area (Å²) in [6.07, 6.45) is 11.2. The molecule has 0 atom stereocenters. The zero-order valence-corrected chi connectivity index (χ0v) is 18.4. The summed E-state index contributed by atoms with van der Waals surface area (Å²) in [4.78, 5) is 16.7. The average molecular weight is 417 g/mol. The minimum Gasteiger partial charge on any atom is -0.466 e. The zero-order valence-electron chi connectivity index (χ0n) is 18.4. The summed E-state index contributed by atoms with van der Waals surface area (Å²) in [7, 11) is 0. The number of esters is 1. The molecular formula is C27H32N2O2. The topological polar surface area (TPSA) is 32.8 Å². The van der Waals surface area contributed by atoms with Crippen LogP contribution in [0.5, 0.6) is 0 Å². The molecule has 1 saturated carbocycles. The second-order valence-corrected chi connectivity index (χ2v) is 8.33. The monoisotopic (exact) mass is 416 g/mol. The lowest BCUT2D eigenvalue weighted by atomic mass is 9.96. The van der Waals surface area contributed by atoms with Crippen molar-refractivity contribution in [3.05, 3.63) is 73.2 Å². The predicted octanol–water partition coefficient (Wildman–Crippen LogP) is 6.38. The van der Waals surface area contributed by atoms with Crippen LogP contribution in [0.1, 0.15) is 58.3 Å². The largest absolute Gasteiger partial charge is 0.466 e. The summed E-state index contributed by atoms with van der Waals surface area (Å²) in [6.45, 7) is 5.84. The van der Waals surface area contributed by atoms with Gasteiger partial charge in [0.15, 0.2) is 0 Å². The molecule has 2 aromatic carbocycles. The number of nitrogens with zero attached hydrogens (tertiary/aromatic N) is 2. The number of rotatable bonds is 6. The standard InChI is InChI=1S/C27H32N2O2/c1-2-31-27(30)19-24-20-28(23-15-9-4-3-5-10-16-23)21-29(24)26-18-12-11-17-25(26)22-13-7-6-8-14-22/h6-8,11-14,17-18,20,23H,2-5,9-10,15-16,19H2,1H3. The van der Waals surface area contributed by atoms with Crippen molar-refractivity contribution in [3.63, 3.8) is 0 Å². The van der Waals surface area contributed by atoms with Gasteiger partial charge in [0.1, 0.15) is 0 Å². The molecule has 2 aromatic rings. The van der Waals surface area contributed by atoms with Crippen LogP contribution >= 0.6 is 0 Å². The van der Waals surface area contributed by atoms with Crippen molar-refractivity contribution in [1.82, 2.24) is 4.90 Å². The van der Waals surface area contributed by atoms with Crippen LogP contribution in [0.25, 0.3) is 11.1 Å². The molecule has 1 aliphatic carbocycles. The Hall–Kier alpha value is -2.75. The van der Waals surface area contributed by atoms with Gasteiger partial charge in [-0.25, -0.2) is 0 Å². The van der Waals surface area contributed by atoms with Gasteiger partial charge >= 0.3 is 5.97 Å². The highest BCUT2D eigenvalue weighted by molar-refractivity contribution is 5.82. The van der Waals surface area contributed by atoms with Crippen molar-refractivity contribution in [2.45, 2.75) is 64.3 Å². The highest BCUT2D eigenvalue weighted by Crippen LogP contribution is 2.39. The Labute approximate surface area is 186 Å². The summed E-state index contributed by atoms with van der Waals surface area (Å²) in [6, 6.07) is 19.2. The number of para-hydroxylation sites is 1. The van der Waals surface area contributed by atoms with Gasteiger partial charge < -0.3 is 14.5 Å². The Morgan fingerprint density at radius 2 is 1.65 bits per heavy atom. The Morgan fingerprint density at radius 3 is 2.39 bits per heavy atom. The van der Waals surface area contributed by atoms with Crippen molar-refractivity contribution in [2.24, 2.45) is 0 Å². The molecule has 4 nitrogen and oxygen atoms in total. The van der Waals surface area contributed by atoms with Gasteiger partial charge in [-0.05, 0) is 31.4 Å². The maximum absolute atomic E-state index is 12.4. The van der Waals surface area contributed by atoms with Crippen LogP contribution in [0.4, 0.5) is 5.69 Å². The number of carbonyl (C=O) groups excluding carboxylic acids is 1. The summed E-state index contributed by atoms with van der Waals surface area (Å²) in [5.74, 6) is -0.197. The minimum atomic E-state index is -0.197. The van der Waals surface area contributed by atoms with Crippen molar-refractivity contribution < 1.29 is 9.53 Å². The molecule has 0 spiro atoms. The Kier molecular flexibility index (Phi) is 7.29. The SMILES string of the molecule is CCOC(=O)CC1=CN(C2CCCCCCC2)[C]N1c1ccccc1-c1ccccc1. The Bertz CT molecular complexity index is 885. The molecule has 1 heterocycles. The van der Waals surface area contributed by atoms with E-state index in [4.69, 9.17) is 4.74 Å². The second-order valence-electron chi connectivity index (χ2n) is 8.33. The molecule has 0 amide bonds. The van der Waals surface area contributed by atoms with Gasteiger partial charge in [-0.3, -0.25) is 4.79 Å². The smallest absolute Gasteiger partial charge is 0.311 e. The van der Waals surface area contributed by atoms with Crippen molar-refractivity contribution in [3.8, 4) is 11.1 Å². The fourth-order valence-corrected chi connectivity index (χ4v) is 4.55. The van der Waals surface area contributed by atoms with Gasteiger partial charge in [-0.2, -0.15) is 0 Å². The highest BCUT2D eigenvalue weighted by Gasteiger charge is 2.31. The van der Waals surface area contributed by atoms with E-state index in [-0.39, 0.29) is 12.4 Å². The number of benzene rings is 2. The van der Waals surface area contributed by atoms with Crippen LogP contribution in [0, 0.1) is 6.67 Å². The Morgan fingerprint density at radius 1 is 0.968 bits per heavy atom. The maximum Gasteiger partial charge on any atom is 0.311 e. The molecular weight excluding hydrogens is 384 g/mol. The van der Waals surface area contributed by atoms with Crippen molar-refractivity contribution in [1.29, 1.82) is 0 Å². The van der Waals surface area contributed by atoms with Gasteiger partial charge in [0.2, 0.25) is 6.67 Å². The third-order valence-electron chi connectivity index (χ3n) is 6.12. The van der Waals surface area contributed by atoms with Crippen molar-refractivity contribution >= 4 is 11.7 Å². The quantitative estimate of drug-likeness (QED) is 0.512. The van der Waals surface area contributed by atoms with E-state index in [2.05, 4.69) is 65.1 Å². The van der Waals surface area contributed by atoms with Crippen LogP contribution in [-0.4, -0.2) is 23.5 Å². The van der Waals surface area contributed by atoms with Crippen LogP contribution in [-0.2, 0) is 9.53 Å². The third-order valence-corrected chi connectivity index (χ3v) is 6.12.